The summed E-state index contributed by atoms with van der Waals surface area (Å²) in [5.41, 5.74) is 0. The molecule has 0 unspecified atom stereocenters. The molecule has 0 aromatic heterocycles. The van der Waals surface area contributed by atoms with Crippen molar-refractivity contribution in [2.24, 2.45) is 0 Å². The fraction of sp³-hybridized carbons (Fsp3) is 1.00. The normalized spacial score (nSPS) is 14.5. The molecule has 0 atom stereocenters. The molecule has 5 nitrogen and oxygen atoms in total. The van der Waals surface area contributed by atoms with E-state index in [-0.39, 0.29) is 52.8 Å². The van der Waals surface area contributed by atoms with Crippen molar-refractivity contribution < 1.29 is 91.8 Å². The molecule has 0 aromatic carbocycles. The Kier molecular flexibility index (Phi) is 6.31. The molecule has 0 saturated carbocycles. The molecule has 0 fully saturated rings. The molecule has 0 aliphatic carbocycles. The third-order valence-electron chi connectivity index (χ3n) is 0.969. The zero-order valence-corrected chi connectivity index (χ0v) is 12.3. The van der Waals surface area contributed by atoms with Gasteiger partial charge < -0.3 is 1.43 Å². The minimum Gasteiger partial charge on any atom is -1.00 e. The van der Waals surface area contributed by atoms with Gasteiger partial charge in [-0.3, -0.25) is 4.55 Å². The molecule has 0 rings (SSSR count). The van der Waals surface area contributed by atoms with E-state index in [1.165, 1.54) is 0 Å². The van der Waals surface area contributed by atoms with E-state index >= 15 is 0 Å². The molecule has 13 heteroatoms. The van der Waals surface area contributed by atoms with Gasteiger partial charge in [0.1, 0.15) is 0 Å². The van der Waals surface area contributed by atoms with Crippen molar-refractivity contribution >= 4 is 29.9 Å². The van der Waals surface area contributed by atoms with E-state index in [0.29, 0.717) is 0 Å². The van der Waals surface area contributed by atoms with E-state index in [1.54, 1.807) is 0 Å². The van der Waals surface area contributed by atoms with Gasteiger partial charge >= 0.3 is 81.1 Å². The van der Waals surface area contributed by atoms with Gasteiger partial charge in [0.15, 0.2) is 0 Å². The molecule has 0 bridgehead atoms. The Balaban J connectivity index is -0.000000845. The molecule has 1 N–H and O–H groups in total. The summed E-state index contributed by atoms with van der Waals surface area (Å²) in [4.78, 5) is 0. The number of hydrogen-bond donors (Lipinski definition) is 1. The van der Waals surface area contributed by atoms with Crippen molar-refractivity contribution in [2.45, 2.75) is 10.5 Å². The molecular weight excluding hydrogens is 319 g/mol. The quantitative estimate of drug-likeness (QED) is 0.274. The molecule has 88 valence electrons. The van der Waals surface area contributed by atoms with Crippen molar-refractivity contribution in [1.29, 1.82) is 0 Å². The average molecular weight is 321 g/mol. The van der Waals surface area contributed by atoms with Gasteiger partial charge in [-0.2, -0.15) is 26.0 Å². The Morgan fingerprint density at radius 3 is 1.33 bits per heavy atom. The predicted molar refractivity (Wildman–Crippen MR) is 37.3 cm³/mol. The van der Waals surface area contributed by atoms with Crippen LogP contribution < -0.4 is 51.4 Å². The molecule has 0 aliphatic rings. The Hall–Kier alpha value is 1.51. The second-order valence-corrected chi connectivity index (χ2v) is 6.02. The number of hydrogen-bond acceptors (Lipinski definition) is 4. The van der Waals surface area contributed by atoms with Crippen molar-refractivity contribution in [3.8, 4) is 0 Å². The number of halogens is 5. The minimum absolute atomic E-state index is 0. The van der Waals surface area contributed by atoms with Gasteiger partial charge in [-0.05, 0) is 0 Å². The van der Waals surface area contributed by atoms with E-state index in [4.69, 9.17) is 4.55 Å². The third-order valence-corrected chi connectivity index (χ3v) is 3.45. The summed E-state index contributed by atoms with van der Waals surface area (Å²) in [7, 11) is -8.90. The van der Waals surface area contributed by atoms with Crippen LogP contribution in [0.1, 0.15) is 1.43 Å². The minimum atomic E-state index is -6.59. The molecular formula is C2H2ClF4KO5S2. The Morgan fingerprint density at radius 1 is 1.00 bits per heavy atom. The molecule has 0 spiro atoms. The maximum Gasteiger partial charge on any atom is 1.00 e. The van der Waals surface area contributed by atoms with Crippen LogP contribution in [0.2, 0.25) is 0 Å². The number of rotatable bonds is 3. The van der Waals surface area contributed by atoms with E-state index in [1.807, 2.05) is 0 Å². The van der Waals surface area contributed by atoms with Crippen LogP contribution in [0, 0.1) is 0 Å². The van der Waals surface area contributed by atoms with Gasteiger partial charge in [0.25, 0.3) is 0 Å². The summed E-state index contributed by atoms with van der Waals surface area (Å²) in [6, 6.07) is 0. The maximum absolute atomic E-state index is 12.2. The average Bonchev–Trinajstić information content (AvgIpc) is 1.81. The summed E-state index contributed by atoms with van der Waals surface area (Å²) >= 11 is 0. The number of alkyl halides is 4. The maximum atomic E-state index is 12.2. The summed E-state index contributed by atoms with van der Waals surface area (Å²) in [5, 5.41) is -12.3. The van der Waals surface area contributed by atoms with Crippen LogP contribution in [0.25, 0.3) is 0 Å². The summed E-state index contributed by atoms with van der Waals surface area (Å²) < 4.78 is 95.7. The third kappa shape index (κ3) is 3.48. The smallest absolute Gasteiger partial charge is 1.00 e. The molecule has 15 heavy (non-hydrogen) atoms. The van der Waals surface area contributed by atoms with Crippen LogP contribution in [-0.4, -0.2) is 31.9 Å². The van der Waals surface area contributed by atoms with Crippen LogP contribution in [0.4, 0.5) is 17.6 Å². The Morgan fingerprint density at radius 2 is 1.27 bits per heavy atom. The first kappa shape index (κ1) is 18.9. The fourth-order valence-corrected chi connectivity index (χ4v) is 1.95. The second-order valence-electron chi connectivity index (χ2n) is 1.95. The zero-order valence-electron chi connectivity index (χ0n) is 7.79. The van der Waals surface area contributed by atoms with Crippen LogP contribution in [0.15, 0.2) is 0 Å². The molecule has 0 saturated heterocycles. The fourth-order valence-electron chi connectivity index (χ4n) is 0.292. The van der Waals surface area contributed by atoms with Crippen LogP contribution in [0.5, 0.6) is 0 Å². The van der Waals surface area contributed by atoms with E-state index in [2.05, 4.69) is 10.7 Å². The summed E-state index contributed by atoms with van der Waals surface area (Å²) in [6.07, 6.45) is 0. The summed E-state index contributed by atoms with van der Waals surface area (Å²) in [5.74, 6) is 0. The van der Waals surface area contributed by atoms with Gasteiger partial charge in [0, 0.05) is 10.7 Å². The van der Waals surface area contributed by atoms with Crippen molar-refractivity contribution in [3.05, 3.63) is 0 Å². The van der Waals surface area contributed by atoms with Crippen molar-refractivity contribution in [1.82, 2.24) is 0 Å². The molecule has 0 aliphatic heterocycles. The molecule has 0 aromatic rings. The van der Waals surface area contributed by atoms with Crippen molar-refractivity contribution in [3.63, 3.8) is 0 Å². The Labute approximate surface area is 130 Å². The largest absolute Gasteiger partial charge is 1.00 e. The van der Waals surface area contributed by atoms with E-state index < -0.39 is 29.7 Å². The standard InChI is InChI=1S/C2HClF4O5S2.K.H/c3-13(8,9)1(4,5)2(6,7)14(10,11)12;;/h(H,10,11,12);;/q;+1;-1. The second kappa shape index (κ2) is 5.02. The first-order valence-electron chi connectivity index (χ1n) is 2.42. The Bertz CT molecular complexity index is 391. The predicted octanol–water partition coefficient (Wildman–Crippen LogP) is -2.26. The van der Waals surface area contributed by atoms with Gasteiger partial charge in [-0.1, -0.05) is 0 Å². The van der Waals surface area contributed by atoms with Crippen LogP contribution in [-0.2, 0) is 19.2 Å². The van der Waals surface area contributed by atoms with E-state index in [9.17, 15) is 34.4 Å². The van der Waals surface area contributed by atoms with Crippen LogP contribution >= 0.6 is 10.7 Å². The molecule has 0 amide bonds. The topological polar surface area (TPSA) is 88.5 Å². The van der Waals surface area contributed by atoms with Crippen molar-refractivity contribution in [2.75, 3.05) is 0 Å². The van der Waals surface area contributed by atoms with Gasteiger partial charge in [-0.15, -0.1) is 0 Å². The molecule has 0 radical (unpaired) electrons. The van der Waals surface area contributed by atoms with Gasteiger partial charge in [-0.25, -0.2) is 8.42 Å². The van der Waals surface area contributed by atoms with Crippen LogP contribution in [0.3, 0.4) is 0 Å². The molecule has 0 heterocycles. The van der Waals surface area contributed by atoms with Gasteiger partial charge in [0.05, 0.1) is 0 Å². The monoisotopic (exact) mass is 320 g/mol. The zero-order chi connectivity index (χ0) is 12.0. The van der Waals surface area contributed by atoms with Gasteiger partial charge in [0.2, 0.25) is 0 Å². The first-order chi connectivity index (χ1) is 5.75. The first-order valence-corrected chi connectivity index (χ1v) is 6.17. The SMILES string of the molecule is O=S(=O)(O)C(F)(F)C(F)(F)S(=O)(=O)Cl.[H-].[K+]. The summed E-state index contributed by atoms with van der Waals surface area (Å²) in [6.45, 7) is 0. The van der Waals surface area contributed by atoms with E-state index in [0.717, 1.165) is 0 Å².